The maximum absolute atomic E-state index is 11.0. The number of rotatable bonds is 5. The van der Waals surface area contributed by atoms with Crippen LogP contribution in [0.4, 0.5) is 0 Å². The molecule has 0 atom stereocenters. The normalized spacial score (nSPS) is 14.2. The smallest absolute Gasteiger partial charge is 0.304 e. The van der Waals surface area contributed by atoms with Gasteiger partial charge in [0, 0.05) is 23.7 Å². The van der Waals surface area contributed by atoms with Crippen LogP contribution in [0.15, 0.2) is 12.1 Å². The minimum atomic E-state index is -0.832. The minimum Gasteiger partial charge on any atom is -0.486 e. The largest absolute Gasteiger partial charge is 0.486 e. The maximum Gasteiger partial charge on any atom is 0.304 e. The Hall–Kier alpha value is -1.75. The van der Waals surface area contributed by atoms with Gasteiger partial charge in [-0.2, -0.15) is 0 Å². The second-order valence-corrected chi connectivity index (χ2v) is 5.51. The summed E-state index contributed by atoms with van der Waals surface area (Å²) in [6.45, 7) is 5.19. The lowest BCUT2D eigenvalue weighted by atomic mass is 9.80. The molecule has 1 aliphatic heterocycles. The molecule has 0 spiro atoms. The lowest BCUT2D eigenvalue weighted by Gasteiger charge is -2.30. The van der Waals surface area contributed by atoms with Gasteiger partial charge in [-0.1, -0.05) is 26.0 Å². The highest BCUT2D eigenvalue weighted by molar-refractivity contribution is 5.70. The zero-order chi connectivity index (χ0) is 14.8. The van der Waals surface area contributed by atoms with Crippen LogP contribution in [0.1, 0.15) is 31.4 Å². The molecule has 20 heavy (non-hydrogen) atoms. The second kappa shape index (κ2) is 5.71. The lowest BCUT2D eigenvalue weighted by molar-refractivity contribution is -0.138. The van der Waals surface area contributed by atoms with E-state index in [2.05, 4.69) is 0 Å². The van der Waals surface area contributed by atoms with Gasteiger partial charge in [0.05, 0.1) is 13.0 Å². The van der Waals surface area contributed by atoms with Gasteiger partial charge in [-0.3, -0.25) is 4.79 Å². The molecule has 0 bridgehead atoms. The molecule has 0 amide bonds. The Bertz CT molecular complexity index is 507. The molecule has 1 aliphatic rings. The van der Waals surface area contributed by atoms with Crippen molar-refractivity contribution in [2.75, 3.05) is 20.3 Å². The van der Waals surface area contributed by atoms with E-state index in [1.165, 1.54) is 0 Å². The Morgan fingerprint density at radius 2 is 1.95 bits per heavy atom. The minimum absolute atomic E-state index is 0.0342. The molecule has 0 saturated heterocycles. The van der Waals surface area contributed by atoms with Gasteiger partial charge in [0.25, 0.3) is 0 Å². The van der Waals surface area contributed by atoms with Gasteiger partial charge in [-0.25, -0.2) is 0 Å². The van der Waals surface area contributed by atoms with E-state index >= 15 is 0 Å². The van der Waals surface area contributed by atoms with Crippen molar-refractivity contribution in [3.63, 3.8) is 0 Å². The summed E-state index contributed by atoms with van der Waals surface area (Å²) in [5, 5.41) is 9.06. The molecule has 1 aromatic carbocycles. The second-order valence-electron chi connectivity index (χ2n) is 5.51. The number of carbonyl (C=O) groups is 1. The lowest BCUT2D eigenvalue weighted by Crippen LogP contribution is -2.26. The molecule has 0 aliphatic carbocycles. The fourth-order valence-electron chi connectivity index (χ4n) is 2.47. The van der Waals surface area contributed by atoms with Gasteiger partial charge in [-0.05, 0) is 0 Å². The van der Waals surface area contributed by atoms with Gasteiger partial charge in [0.1, 0.15) is 13.2 Å². The summed E-state index contributed by atoms with van der Waals surface area (Å²) >= 11 is 0. The standard InChI is InChI=1S/C15H20O5/c1-15(2,8-12(16)17)11-5-4-10(9-18-3)13-14(11)20-7-6-19-13/h4-5H,6-9H2,1-3H3,(H,16,17). The van der Waals surface area contributed by atoms with Crippen LogP contribution in [0.3, 0.4) is 0 Å². The molecule has 0 unspecified atom stereocenters. The summed E-state index contributed by atoms with van der Waals surface area (Å²) in [6.07, 6.45) is 0.0342. The van der Waals surface area contributed by atoms with Crippen molar-refractivity contribution in [3.8, 4) is 11.5 Å². The Balaban J connectivity index is 2.47. The summed E-state index contributed by atoms with van der Waals surface area (Å²) < 4.78 is 16.6. The first kappa shape index (κ1) is 14.7. The summed E-state index contributed by atoms with van der Waals surface area (Å²) in [5.74, 6) is 0.493. The van der Waals surface area contributed by atoms with E-state index in [0.29, 0.717) is 31.3 Å². The highest BCUT2D eigenvalue weighted by Gasteiger charge is 2.31. The molecule has 5 nitrogen and oxygen atoms in total. The third-order valence-electron chi connectivity index (χ3n) is 3.39. The average Bonchev–Trinajstić information content (AvgIpc) is 2.37. The zero-order valence-electron chi connectivity index (χ0n) is 12.1. The van der Waals surface area contributed by atoms with E-state index in [0.717, 1.165) is 11.1 Å². The molecule has 2 rings (SSSR count). The van der Waals surface area contributed by atoms with Crippen molar-refractivity contribution in [1.29, 1.82) is 0 Å². The molecular formula is C15H20O5. The number of carboxylic acid groups (broad SMARTS) is 1. The molecule has 110 valence electrons. The third-order valence-corrected chi connectivity index (χ3v) is 3.39. The predicted molar refractivity (Wildman–Crippen MR) is 73.4 cm³/mol. The molecule has 1 heterocycles. The van der Waals surface area contributed by atoms with E-state index in [1.54, 1.807) is 7.11 Å². The summed E-state index contributed by atoms with van der Waals surface area (Å²) in [6, 6.07) is 3.82. The molecule has 0 fully saturated rings. The van der Waals surface area contributed by atoms with E-state index < -0.39 is 11.4 Å². The molecule has 1 aromatic rings. The zero-order valence-corrected chi connectivity index (χ0v) is 12.1. The predicted octanol–water partition coefficient (Wildman–Crippen LogP) is 2.36. The van der Waals surface area contributed by atoms with Crippen LogP contribution in [0.5, 0.6) is 11.5 Å². The Morgan fingerprint density at radius 1 is 1.30 bits per heavy atom. The van der Waals surface area contributed by atoms with Crippen molar-refractivity contribution >= 4 is 5.97 Å². The molecule has 0 saturated carbocycles. The molecular weight excluding hydrogens is 260 g/mol. The van der Waals surface area contributed by atoms with Gasteiger partial charge >= 0.3 is 5.97 Å². The molecule has 0 aromatic heterocycles. The summed E-state index contributed by atoms with van der Waals surface area (Å²) in [4.78, 5) is 11.0. The van der Waals surface area contributed by atoms with Gasteiger partial charge < -0.3 is 19.3 Å². The van der Waals surface area contributed by atoms with E-state index in [9.17, 15) is 4.79 Å². The number of methoxy groups -OCH3 is 1. The first-order valence-electron chi connectivity index (χ1n) is 6.58. The van der Waals surface area contributed by atoms with Crippen LogP contribution in [0, 0.1) is 0 Å². The average molecular weight is 280 g/mol. The van der Waals surface area contributed by atoms with Crippen molar-refractivity contribution in [3.05, 3.63) is 23.3 Å². The van der Waals surface area contributed by atoms with E-state index in [4.69, 9.17) is 19.3 Å². The number of hydrogen-bond acceptors (Lipinski definition) is 4. The SMILES string of the molecule is COCc1ccc(C(C)(C)CC(=O)O)c2c1OCCO2. The number of carboxylic acids is 1. The Kier molecular flexibility index (Phi) is 4.18. The first-order valence-corrected chi connectivity index (χ1v) is 6.58. The quantitative estimate of drug-likeness (QED) is 0.897. The Morgan fingerprint density at radius 3 is 2.55 bits per heavy atom. The fourth-order valence-corrected chi connectivity index (χ4v) is 2.47. The third kappa shape index (κ3) is 2.88. The van der Waals surface area contributed by atoms with Gasteiger partial charge in [-0.15, -0.1) is 0 Å². The van der Waals surface area contributed by atoms with Crippen molar-refractivity contribution in [2.45, 2.75) is 32.3 Å². The van der Waals surface area contributed by atoms with Crippen LogP contribution in [0.2, 0.25) is 0 Å². The maximum atomic E-state index is 11.0. The number of aliphatic carboxylic acids is 1. The number of ether oxygens (including phenoxy) is 3. The van der Waals surface area contributed by atoms with Crippen LogP contribution in [-0.2, 0) is 21.6 Å². The number of benzene rings is 1. The molecule has 1 N–H and O–H groups in total. The van der Waals surface area contributed by atoms with E-state index in [-0.39, 0.29) is 6.42 Å². The van der Waals surface area contributed by atoms with Crippen LogP contribution in [-0.4, -0.2) is 31.4 Å². The number of hydrogen-bond donors (Lipinski definition) is 1. The monoisotopic (exact) mass is 280 g/mol. The van der Waals surface area contributed by atoms with Crippen molar-refractivity contribution in [2.24, 2.45) is 0 Å². The summed E-state index contributed by atoms with van der Waals surface area (Å²) in [7, 11) is 1.62. The van der Waals surface area contributed by atoms with E-state index in [1.807, 2.05) is 26.0 Å². The van der Waals surface area contributed by atoms with Crippen LogP contribution < -0.4 is 9.47 Å². The van der Waals surface area contributed by atoms with Crippen LogP contribution >= 0.6 is 0 Å². The summed E-state index contributed by atoms with van der Waals surface area (Å²) in [5.41, 5.74) is 1.24. The fraction of sp³-hybridized carbons (Fsp3) is 0.533. The first-order chi connectivity index (χ1) is 9.45. The Labute approximate surface area is 118 Å². The highest BCUT2D eigenvalue weighted by atomic mass is 16.6. The highest BCUT2D eigenvalue weighted by Crippen LogP contribution is 2.44. The number of fused-ring (bicyclic) bond motifs is 1. The topological polar surface area (TPSA) is 65.0 Å². The molecule has 0 radical (unpaired) electrons. The molecule has 5 heteroatoms. The van der Waals surface area contributed by atoms with Crippen molar-refractivity contribution < 1.29 is 24.1 Å². The van der Waals surface area contributed by atoms with Crippen molar-refractivity contribution in [1.82, 2.24) is 0 Å². The van der Waals surface area contributed by atoms with Gasteiger partial charge in [0.15, 0.2) is 11.5 Å². The van der Waals surface area contributed by atoms with Gasteiger partial charge in [0.2, 0.25) is 0 Å². The van der Waals surface area contributed by atoms with Crippen LogP contribution in [0.25, 0.3) is 0 Å².